The summed E-state index contributed by atoms with van der Waals surface area (Å²) in [5, 5.41) is 8.80. The van der Waals surface area contributed by atoms with E-state index in [2.05, 4.69) is 20.2 Å². The Morgan fingerprint density at radius 3 is 2.66 bits per heavy atom. The normalized spacial score (nSPS) is 10.9. The Morgan fingerprint density at radius 2 is 1.91 bits per heavy atom. The lowest BCUT2D eigenvalue weighted by Gasteiger charge is -2.08. The molecule has 0 unspecified atom stereocenters. The number of hydrogen-bond donors (Lipinski definition) is 0. The van der Waals surface area contributed by atoms with E-state index in [1.165, 1.54) is 6.07 Å². The van der Waals surface area contributed by atoms with E-state index in [4.69, 9.17) is 9.47 Å². The minimum Gasteiger partial charge on any atom is -0.488 e. The number of aryl methyl sites for hydroxylation is 1. The topological polar surface area (TPSA) is 97.0 Å². The van der Waals surface area contributed by atoms with Gasteiger partial charge >= 0.3 is 0 Å². The molecule has 0 aliphatic carbocycles. The molecule has 0 aliphatic rings. The van der Waals surface area contributed by atoms with Gasteiger partial charge in [0, 0.05) is 37.9 Å². The molecule has 3 aromatic heterocycles. The van der Waals surface area contributed by atoms with Crippen LogP contribution >= 0.6 is 0 Å². The van der Waals surface area contributed by atoms with Gasteiger partial charge in [-0.25, -0.2) is 14.6 Å². The molecule has 0 N–H and O–H groups in total. The monoisotopic (exact) mass is 432 g/mol. The van der Waals surface area contributed by atoms with E-state index in [1.54, 1.807) is 36.6 Å². The molecule has 1 aromatic carbocycles. The maximum absolute atomic E-state index is 12.4. The SMILES string of the molecule is CCn1cc(-n2ccc(=O)c(Cc3cccc(-c4ncc(OCCOC)cn4)c3)n2)cn1. The van der Waals surface area contributed by atoms with E-state index in [-0.39, 0.29) is 5.43 Å². The van der Waals surface area contributed by atoms with Crippen molar-refractivity contribution in [2.75, 3.05) is 20.3 Å². The van der Waals surface area contributed by atoms with Crippen LogP contribution in [-0.2, 0) is 17.7 Å². The minimum atomic E-state index is -0.108. The average molecular weight is 432 g/mol. The summed E-state index contributed by atoms with van der Waals surface area (Å²) in [6, 6.07) is 9.30. The number of nitrogens with zero attached hydrogens (tertiary/aromatic N) is 6. The largest absolute Gasteiger partial charge is 0.488 e. The van der Waals surface area contributed by atoms with Crippen LogP contribution in [0.5, 0.6) is 5.75 Å². The van der Waals surface area contributed by atoms with Crippen LogP contribution in [-0.4, -0.2) is 49.9 Å². The van der Waals surface area contributed by atoms with E-state index in [1.807, 2.05) is 42.1 Å². The zero-order chi connectivity index (χ0) is 22.3. The highest BCUT2D eigenvalue weighted by molar-refractivity contribution is 5.56. The van der Waals surface area contributed by atoms with Crippen molar-refractivity contribution in [2.24, 2.45) is 0 Å². The molecule has 9 nitrogen and oxygen atoms in total. The number of methoxy groups -OCH3 is 1. The molecule has 0 aliphatic heterocycles. The van der Waals surface area contributed by atoms with Crippen LogP contribution in [0.1, 0.15) is 18.2 Å². The van der Waals surface area contributed by atoms with Gasteiger partial charge in [0.2, 0.25) is 5.43 Å². The molecule has 4 rings (SSSR count). The fourth-order valence-electron chi connectivity index (χ4n) is 3.15. The van der Waals surface area contributed by atoms with Gasteiger partial charge in [-0.3, -0.25) is 9.48 Å². The van der Waals surface area contributed by atoms with Gasteiger partial charge in [-0.2, -0.15) is 10.2 Å². The van der Waals surface area contributed by atoms with Gasteiger partial charge in [-0.15, -0.1) is 0 Å². The Balaban J connectivity index is 1.53. The molecular formula is C23H24N6O3. The summed E-state index contributed by atoms with van der Waals surface area (Å²) in [6.07, 6.45) is 8.95. The first kappa shape index (κ1) is 21.4. The second kappa shape index (κ2) is 9.97. The lowest BCUT2D eigenvalue weighted by molar-refractivity contribution is 0.146. The second-order valence-corrected chi connectivity index (χ2v) is 7.09. The summed E-state index contributed by atoms with van der Waals surface area (Å²) in [7, 11) is 1.62. The van der Waals surface area contributed by atoms with Crippen molar-refractivity contribution in [3.63, 3.8) is 0 Å². The van der Waals surface area contributed by atoms with Crippen LogP contribution < -0.4 is 10.2 Å². The molecular weight excluding hydrogens is 408 g/mol. The summed E-state index contributed by atoms with van der Waals surface area (Å²) in [4.78, 5) is 21.2. The zero-order valence-electron chi connectivity index (χ0n) is 18.0. The molecule has 0 spiro atoms. The summed E-state index contributed by atoms with van der Waals surface area (Å²) < 4.78 is 14.0. The summed E-state index contributed by atoms with van der Waals surface area (Å²) in [5.41, 5.74) is 2.95. The number of benzene rings is 1. The van der Waals surface area contributed by atoms with Crippen LogP contribution in [0.3, 0.4) is 0 Å². The molecule has 0 radical (unpaired) electrons. The van der Waals surface area contributed by atoms with Gasteiger partial charge in [-0.1, -0.05) is 18.2 Å². The van der Waals surface area contributed by atoms with Crippen molar-refractivity contribution in [3.05, 3.63) is 82.8 Å². The predicted molar refractivity (Wildman–Crippen MR) is 119 cm³/mol. The van der Waals surface area contributed by atoms with Gasteiger partial charge in [0.05, 0.1) is 31.4 Å². The van der Waals surface area contributed by atoms with E-state index in [0.717, 1.165) is 23.4 Å². The number of ether oxygens (including phenoxy) is 2. The fraction of sp³-hybridized carbons (Fsp3) is 0.261. The van der Waals surface area contributed by atoms with Gasteiger partial charge in [0.1, 0.15) is 18.0 Å². The van der Waals surface area contributed by atoms with Gasteiger partial charge < -0.3 is 9.47 Å². The van der Waals surface area contributed by atoms with Crippen molar-refractivity contribution in [2.45, 2.75) is 19.9 Å². The van der Waals surface area contributed by atoms with E-state index in [9.17, 15) is 4.79 Å². The first-order valence-corrected chi connectivity index (χ1v) is 10.3. The highest BCUT2D eigenvalue weighted by Gasteiger charge is 2.09. The second-order valence-electron chi connectivity index (χ2n) is 7.09. The molecule has 3 heterocycles. The predicted octanol–water partition coefficient (Wildman–Crippen LogP) is 2.52. The van der Waals surface area contributed by atoms with Crippen molar-refractivity contribution >= 4 is 0 Å². The van der Waals surface area contributed by atoms with Crippen molar-refractivity contribution in [3.8, 4) is 22.8 Å². The van der Waals surface area contributed by atoms with Gasteiger partial charge in [0.25, 0.3) is 0 Å². The smallest absolute Gasteiger partial charge is 0.203 e. The average Bonchev–Trinajstić information content (AvgIpc) is 3.31. The Kier molecular flexibility index (Phi) is 6.66. The third-order valence-corrected chi connectivity index (χ3v) is 4.83. The Bertz CT molecular complexity index is 1230. The van der Waals surface area contributed by atoms with Gasteiger partial charge in [0.15, 0.2) is 11.6 Å². The Hall–Kier alpha value is -3.85. The maximum atomic E-state index is 12.4. The molecule has 0 saturated heterocycles. The summed E-state index contributed by atoms with van der Waals surface area (Å²) in [5.74, 6) is 1.17. The lowest BCUT2D eigenvalue weighted by Crippen LogP contribution is -2.16. The number of hydrogen-bond acceptors (Lipinski definition) is 7. The van der Waals surface area contributed by atoms with Crippen LogP contribution in [0.25, 0.3) is 17.1 Å². The van der Waals surface area contributed by atoms with Crippen LogP contribution in [0.4, 0.5) is 0 Å². The molecule has 0 atom stereocenters. The first-order valence-electron chi connectivity index (χ1n) is 10.3. The molecule has 32 heavy (non-hydrogen) atoms. The molecule has 9 heteroatoms. The summed E-state index contributed by atoms with van der Waals surface area (Å²) >= 11 is 0. The number of rotatable bonds is 9. The third-order valence-electron chi connectivity index (χ3n) is 4.83. The van der Waals surface area contributed by atoms with Crippen LogP contribution in [0.15, 0.2) is 66.1 Å². The minimum absolute atomic E-state index is 0.108. The van der Waals surface area contributed by atoms with E-state index < -0.39 is 0 Å². The highest BCUT2D eigenvalue weighted by atomic mass is 16.5. The third kappa shape index (κ3) is 5.06. The fourth-order valence-corrected chi connectivity index (χ4v) is 3.15. The zero-order valence-corrected chi connectivity index (χ0v) is 18.0. The molecule has 164 valence electrons. The Morgan fingerprint density at radius 1 is 1.06 bits per heavy atom. The highest BCUT2D eigenvalue weighted by Crippen LogP contribution is 2.19. The molecule has 0 amide bonds. The van der Waals surface area contributed by atoms with E-state index >= 15 is 0 Å². The quantitative estimate of drug-likeness (QED) is 0.375. The Labute approximate surface area is 185 Å². The van der Waals surface area contributed by atoms with Gasteiger partial charge in [-0.05, 0) is 18.6 Å². The molecule has 0 fully saturated rings. The molecule has 0 bridgehead atoms. The van der Waals surface area contributed by atoms with Crippen LogP contribution in [0, 0.1) is 0 Å². The van der Waals surface area contributed by atoms with E-state index in [0.29, 0.717) is 36.9 Å². The first-order chi connectivity index (χ1) is 15.7. The van der Waals surface area contributed by atoms with Crippen LogP contribution in [0.2, 0.25) is 0 Å². The van der Waals surface area contributed by atoms with Crippen molar-refractivity contribution < 1.29 is 9.47 Å². The summed E-state index contributed by atoms with van der Waals surface area (Å²) in [6.45, 7) is 3.72. The molecule has 0 saturated carbocycles. The maximum Gasteiger partial charge on any atom is 0.203 e. The van der Waals surface area contributed by atoms with Crippen molar-refractivity contribution in [1.82, 2.24) is 29.5 Å². The standard InChI is InChI=1S/C23H24N6O3/c1-3-28-16-19(13-26-28)29-8-7-22(30)21(27-29)12-17-5-4-6-18(11-17)23-24-14-20(15-25-23)32-10-9-31-2/h4-8,11,13-16H,3,9-10,12H2,1-2H3. The lowest BCUT2D eigenvalue weighted by atomic mass is 10.1. The number of aromatic nitrogens is 6. The molecule has 4 aromatic rings. The van der Waals surface area contributed by atoms with Crippen molar-refractivity contribution in [1.29, 1.82) is 0 Å².